The molecule has 2 heteroatoms. The summed E-state index contributed by atoms with van der Waals surface area (Å²) in [4.78, 5) is 0. The molecule has 0 bridgehead atoms. The van der Waals surface area contributed by atoms with Crippen LogP contribution in [0.3, 0.4) is 0 Å². The van der Waals surface area contributed by atoms with Crippen molar-refractivity contribution in [3.05, 3.63) is 117 Å². The molecule has 6 rings (SSSR count). The molecule has 6 aromatic carbocycles. The van der Waals surface area contributed by atoms with E-state index in [1.807, 2.05) is 0 Å². The van der Waals surface area contributed by atoms with Crippen molar-refractivity contribution >= 4 is 21.5 Å². The molecule has 0 saturated carbocycles. The molecule has 0 aromatic heterocycles. The molecule has 0 spiro atoms. The number of aromatic hydroxyl groups is 2. The van der Waals surface area contributed by atoms with Crippen LogP contribution in [0.1, 0.15) is 254 Å². The van der Waals surface area contributed by atoms with Crippen LogP contribution in [0.25, 0.3) is 54.9 Å². The average Bonchev–Trinajstić information content (AvgIpc) is 3.30. The Morgan fingerprint density at radius 2 is 0.647 bits per heavy atom. The Morgan fingerprint density at radius 1 is 0.338 bits per heavy atom. The number of phenolic OH excluding ortho intramolecular Hbond substituents is 2. The highest BCUT2D eigenvalue weighted by Crippen LogP contribution is 2.55. The zero-order chi connectivity index (χ0) is 49.4. The van der Waals surface area contributed by atoms with Gasteiger partial charge in [0.05, 0.1) is 0 Å². The minimum Gasteiger partial charge on any atom is -0.507 e. The first-order chi connectivity index (χ1) is 32.5. The standard InChI is InChI=1S/C66H90O2/c1-15-17-19-21-23-25-27-47-29-31-53-51(33-47)39-59(61-55(43(7)8)35-49(41(3)4)36-56(61)44(9)10)65(67)63(53)64-54-32-30-48(28-26-24-22-20-18-16-2)34-52(54)40-60(66(64)68)62-57(45(11)12)37-50(42(5)6)38-58(62)46(13)14/h29-46,67-68H,15-28H2,1-14H3. The number of aryl methyl sites for hydroxylation is 2. The van der Waals surface area contributed by atoms with Crippen molar-refractivity contribution in [2.45, 2.75) is 222 Å². The normalized spacial score (nSPS) is 12.2. The quantitative estimate of drug-likeness (QED) is 0.0629. The number of unbranched alkanes of at least 4 members (excludes halogenated alkanes) is 10. The van der Waals surface area contributed by atoms with Crippen LogP contribution in [0.2, 0.25) is 0 Å². The molecule has 68 heavy (non-hydrogen) atoms. The number of rotatable bonds is 23. The van der Waals surface area contributed by atoms with E-state index in [9.17, 15) is 10.2 Å². The first-order valence-corrected chi connectivity index (χ1v) is 27.4. The molecule has 0 saturated heterocycles. The average molecular weight is 915 g/mol. The topological polar surface area (TPSA) is 40.5 Å². The van der Waals surface area contributed by atoms with Crippen LogP contribution in [0, 0.1) is 0 Å². The Hall–Kier alpha value is -4.56. The minimum absolute atomic E-state index is 0.235. The zero-order valence-electron chi connectivity index (χ0n) is 45.2. The summed E-state index contributed by atoms with van der Waals surface area (Å²) >= 11 is 0. The second-order valence-corrected chi connectivity index (χ2v) is 22.5. The van der Waals surface area contributed by atoms with E-state index in [1.54, 1.807) is 0 Å². The minimum atomic E-state index is 0.235. The summed E-state index contributed by atoms with van der Waals surface area (Å²) in [7, 11) is 0. The second-order valence-electron chi connectivity index (χ2n) is 22.5. The number of fused-ring (bicyclic) bond motifs is 2. The predicted octanol–water partition coefficient (Wildman–Crippen LogP) is 21.0. The van der Waals surface area contributed by atoms with E-state index in [1.165, 1.54) is 122 Å². The van der Waals surface area contributed by atoms with Gasteiger partial charge in [0, 0.05) is 22.3 Å². The maximum atomic E-state index is 13.5. The summed E-state index contributed by atoms with van der Waals surface area (Å²) in [5.74, 6) is 2.19. The molecule has 0 aliphatic rings. The van der Waals surface area contributed by atoms with Crippen LogP contribution in [0.5, 0.6) is 11.5 Å². The summed E-state index contributed by atoms with van der Waals surface area (Å²) in [5.41, 5.74) is 15.8. The van der Waals surface area contributed by atoms with Gasteiger partial charge in [0.15, 0.2) is 0 Å². The predicted molar refractivity (Wildman–Crippen MR) is 300 cm³/mol. The van der Waals surface area contributed by atoms with Gasteiger partial charge >= 0.3 is 0 Å². The van der Waals surface area contributed by atoms with Gasteiger partial charge in [-0.2, -0.15) is 0 Å². The van der Waals surface area contributed by atoms with E-state index in [-0.39, 0.29) is 35.2 Å². The first kappa shape index (κ1) is 52.8. The summed E-state index contributed by atoms with van der Waals surface area (Å²) < 4.78 is 0. The van der Waals surface area contributed by atoms with Gasteiger partial charge in [0.1, 0.15) is 11.5 Å². The Morgan fingerprint density at radius 3 is 0.941 bits per heavy atom. The van der Waals surface area contributed by atoms with Gasteiger partial charge in [-0.3, -0.25) is 0 Å². The summed E-state index contributed by atoms with van der Waals surface area (Å²) in [6.45, 7) is 32.0. The van der Waals surface area contributed by atoms with Gasteiger partial charge in [0.2, 0.25) is 0 Å². The third-order valence-electron chi connectivity index (χ3n) is 15.0. The SMILES string of the molecule is CCCCCCCCc1ccc2c(-c3c(O)c(-c4c(C(C)C)cc(C(C)C)cc4C(C)C)cc4cc(CCCCCCCC)ccc34)c(O)c(-c3c(C(C)C)cc(C(C)C)cc3C(C)C)cc2c1. The number of hydrogen-bond donors (Lipinski definition) is 2. The molecule has 0 atom stereocenters. The zero-order valence-corrected chi connectivity index (χ0v) is 45.2. The summed E-state index contributed by atoms with van der Waals surface area (Å²) in [6, 6.07) is 28.0. The van der Waals surface area contributed by atoms with E-state index < -0.39 is 0 Å². The molecule has 0 radical (unpaired) electrons. The van der Waals surface area contributed by atoms with Crippen molar-refractivity contribution in [3.8, 4) is 44.9 Å². The lowest BCUT2D eigenvalue weighted by atomic mass is 9.78. The highest BCUT2D eigenvalue weighted by atomic mass is 16.3. The molecule has 2 N–H and O–H groups in total. The van der Waals surface area contributed by atoms with Crippen LogP contribution < -0.4 is 0 Å². The fourth-order valence-corrected chi connectivity index (χ4v) is 10.8. The lowest BCUT2D eigenvalue weighted by Crippen LogP contribution is -2.05. The molecule has 0 unspecified atom stereocenters. The highest BCUT2D eigenvalue weighted by Gasteiger charge is 2.29. The lowest BCUT2D eigenvalue weighted by molar-refractivity contribution is 0.472. The molecule has 366 valence electrons. The van der Waals surface area contributed by atoms with Crippen LogP contribution >= 0.6 is 0 Å². The maximum Gasteiger partial charge on any atom is 0.132 e. The fraction of sp³-hybridized carbons (Fsp3) is 0.515. The Balaban J connectivity index is 1.74. The maximum absolute atomic E-state index is 13.5. The van der Waals surface area contributed by atoms with Gasteiger partial charge in [-0.05, 0) is 151 Å². The van der Waals surface area contributed by atoms with Crippen molar-refractivity contribution in [2.75, 3.05) is 0 Å². The Labute approximate surface area is 414 Å². The van der Waals surface area contributed by atoms with Crippen molar-refractivity contribution in [1.82, 2.24) is 0 Å². The third-order valence-corrected chi connectivity index (χ3v) is 15.0. The Kier molecular flexibility index (Phi) is 18.5. The van der Waals surface area contributed by atoms with Gasteiger partial charge in [-0.1, -0.05) is 222 Å². The smallest absolute Gasteiger partial charge is 0.132 e. The van der Waals surface area contributed by atoms with Crippen LogP contribution in [0.15, 0.2) is 72.8 Å². The molecule has 0 amide bonds. The number of benzene rings is 6. The summed E-state index contributed by atoms with van der Waals surface area (Å²) in [5, 5.41) is 31.1. The molecule has 0 heterocycles. The monoisotopic (exact) mass is 915 g/mol. The lowest BCUT2D eigenvalue weighted by Gasteiger charge is -2.27. The van der Waals surface area contributed by atoms with E-state index >= 15 is 0 Å². The van der Waals surface area contributed by atoms with Gasteiger partial charge in [0.25, 0.3) is 0 Å². The van der Waals surface area contributed by atoms with E-state index in [4.69, 9.17) is 0 Å². The second kappa shape index (κ2) is 23.8. The molecular weight excluding hydrogens is 825 g/mol. The van der Waals surface area contributed by atoms with Crippen LogP contribution in [0.4, 0.5) is 0 Å². The van der Waals surface area contributed by atoms with Crippen molar-refractivity contribution in [1.29, 1.82) is 0 Å². The summed E-state index contributed by atoms with van der Waals surface area (Å²) in [6.07, 6.45) is 17.2. The molecule has 0 aliphatic carbocycles. The fourth-order valence-electron chi connectivity index (χ4n) is 10.8. The van der Waals surface area contributed by atoms with Gasteiger partial charge < -0.3 is 10.2 Å². The molecule has 0 aliphatic heterocycles. The van der Waals surface area contributed by atoms with Crippen molar-refractivity contribution in [2.24, 2.45) is 0 Å². The molecule has 6 aromatic rings. The molecule has 0 fully saturated rings. The molecular formula is C66H90O2. The van der Waals surface area contributed by atoms with E-state index in [2.05, 4.69) is 170 Å². The van der Waals surface area contributed by atoms with Crippen molar-refractivity contribution < 1.29 is 10.2 Å². The highest BCUT2D eigenvalue weighted by molar-refractivity contribution is 6.14. The van der Waals surface area contributed by atoms with Crippen molar-refractivity contribution in [3.63, 3.8) is 0 Å². The van der Waals surface area contributed by atoms with Crippen LogP contribution in [-0.2, 0) is 12.8 Å². The largest absolute Gasteiger partial charge is 0.507 e. The van der Waals surface area contributed by atoms with E-state index in [0.717, 1.165) is 67.8 Å². The number of phenols is 2. The van der Waals surface area contributed by atoms with E-state index in [0.29, 0.717) is 11.8 Å². The van der Waals surface area contributed by atoms with Gasteiger partial charge in [-0.25, -0.2) is 0 Å². The molecule has 2 nitrogen and oxygen atoms in total. The van der Waals surface area contributed by atoms with Crippen LogP contribution in [-0.4, -0.2) is 10.2 Å². The first-order valence-electron chi connectivity index (χ1n) is 27.4. The third kappa shape index (κ3) is 11.9. The number of hydrogen-bond acceptors (Lipinski definition) is 2. The van der Waals surface area contributed by atoms with Gasteiger partial charge in [-0.15, -0.1) is 0 Å². The Bertz CT molecular complexity index is 2390.